The molecule has 1 aliphatic rings. The maximum absolute atomic E-state index is 13.0. The highest BCUT2D eigenvalue weighted by molar-refractivity contribution is 6.45. The predicted octanol–water partition coefficient (Wildman–Crippen LogP) is 5.23. The molecule has 0 radical (unpaired) electrons. The first-order valence-electron chi connectivity index (χ1n) is 10.2. The summed E-state index contributed by atoms with van der Waals surface area (Å²) in [5.41, 5.74) is 4.78. The third kappa shape index (κ3) is 3.32. The number of ketones is 2. The van der Waals surface area contributed by atoms with Gasteiger partial charge < -0.3 is 10.4 Å². The van der Waals surface area contributed by atoms with E-state index < -0.39 is 5.41 Å². The quantitative estimate of drug-likeness (QED) is 0.271. The minimum atomic E-state index is -0.407. The van der Waals surface area contributed by atoms with Gasteiger partial charge in [-0.2, -0.15) is 0 Å². The predicted molar refractivity (Wildman–Crippen MR) is 116 cm³/mol. The van der Waals surface area contributed by atoms with Crippen LogP contribution in [0.25, 0.3) is 11.1 Å². The lowest BCUT2D eigenvalue weighted by atomic mass is 9.71. The second-order valence-corrected chi connectivity index (χ2v) is 7.55. The van der Waals surface area contributed by atoms with Crippen LogP contribution in [0.4, 0.5) is 0 Å². The summed E-state index contributed by atoms with van der Waals surface area (Å²) in [6.07, 6.45) is 3.47. The first-order valence-corrected chi connectivity index (χ1v) is 10.2. The average molecular weight is 406 g/mol. The van der Waals surface area contributed by atoms with Gasteiger partial charge in [-0.1, -0.05) is 49.3 Å². The Hall–Kier alpha value is -3.28. The molecule has 2 aromatic rings. The van der Waals surface area contributed by atoms with Gasteiger partial charge in [-0.15, -0.1) is 5.16 Å². The molecular formula is C24H26N2O4. The minimum Gasteiger partial charge on any atom is -0.411 e. The van der Waals surface area contributed by atoms with E-state index in [1.54, 1.807) is 6.07 Å². The standard InChI is InChI=1S/C24H26N2O4/c1-4-24(5-2)20-14-16(21(27)10-7-13-25-29)11-12-17(20)18-8-6-9-19(22(18)24)23(28)15(3)26-30/h6,8-9,11-14,29-30H,4-5,7,10H2,1-3H3. The molecule has 2 aromatic carbocycles. The summed E-state index contributed by atoms with van der Waals surface area (Å²) in [4.78, 5) is 25.6. The molecule has 0 saturated heterocycles. The van der Waals surface area contributed by atoms with Crippen molar-refractivity contribution < 1.29 is 20.0 Å². The number of hydrogen-bond donors (Lipinski definition) is 2. The summed E-state index contributed by atoms with van der Waals surface area (Å²) < 4.78 is 0. The number of rotatable bonds is 8. The molecule has 6 nitrogen and oxygen atoms in total. The van der Waals surface area contributed by atoms with Crippen molar-refractivity contribution in [3.63, 3.8) is 0 Å². The summed E-state index contributed by atoms with van der Waals surface area (Å²) in [6.45, 7) is 5.67. The largest absolute Gasteiger partial charge is 0.411 e. The monoisotopic (exact) mass is 406 g/mol. The lowest BCUT2D eigenvalue weighted by molar-refractivity contribution is 0.0984. The van der Waals surface area contributed by atoms with Gasteiger partial charge in [-0.25, -0.2) is 0 Å². The van der Waals surface area contributed by atoms with Gasteiger partial charge >= 0.3 is 0 Å². The molecule has 0 fully saturated rings. The third-order valence-corrected chi connectivity index (χ3v) is 6.20. The third-order valence-electron chi connectivity index (χ3n) is 6.20. The molecule has 3 rings (SSSR count). The molecule has 6 heteroatoms. The number of nitrogens with zero attached hydrogens (tertiary/aromatic N) is 2. The van der Waals surface area contributed by atoms with Crippen molar-refractivity contribution in [3.8, 4) is 11.1 Å². The van der Waals surface area contributed by atoms with E-state index in [9.17, 15) is 9.59 Å². The number of fused-ring (bicyclic) bond motifs is 3. The fourth-order valence-electron chi connectivity index (χ4n) is 4.59. The number of carbonyl (C=O) groups is 2. The molecule has 0 aromatic heterocycles. The molecule has 0 spiro atoms. The van der Waals surface area contributed by atoms with E-state index in [1.807, 2.05) is 30.3 Å². The normalized spacial score (nSPS) is 14.6. The van der Waals surface area contributed by atoms with Gasteiger partial charge in [-0.05, 0) is 54.5 Å². The number of Topliss-reactive ketones (excluding diaryl/α,β-unsaturated/α-hetero) is 2. The van der Waals surface area contributed by atoms with E-state index in [0.29, 0.717) is 17.5 Å². The number of benzene rings is 2. The highest BCUT2D eigenvalue weighted by atomic mass is 16.4. The van der Waals surface area contributed by atoms with Crippen LogP contribution < -0.4 is 0 Å². The Kier molecular flexibility index (Phi) is 6.15. The minimum absolute atomic E-state index is 0.0191. The van der Waals surface area contributed by atoms with Crippen LogP contribution in [0.1, 0.15) is 78.3 Å². The SMILES string of the molecule is CCC1(CC)c2cc(C(=O)CCC=NO)ccc2-c2cccc(C(=O)C(C)=NO)c21. The molecule has 0 atom stereocenters. The highest BCUT2D eigenvalue weighted by Crippen LogP contribution is 2.54. The zero-order chi connectivity index (χ0) is 21.9. The van der Waals surface area contributed by atoms with Crippen LogP contribution in [0.3, 0.4) is 0 Å². The number of oxime groups is 2. The van der Waals surface area contributed by atoms with Crippen molar-refractivity contribution in [2.24, 2.45) is 10.3 Å². The Morgan fingerprint density at radius 1 is 1.07 bits per heavy atom. The molecule has 0 amide bonds. The molecule has 156 valence electrons. The van der Waals surface area contributed by atoms with Gasteiger partial charge in [0.05, 0.1) is 0 Å². The van der Waals surface area contributed by atoms with E-state index in [1.165, 1.54) is 13.1 Å². The van der Waals surface area contributed by atoms with E-state index in [-0.39, 0.29) is 23.7 Å². The lowest BCUT2D eigenvalue weighted by Crippen LogP contribution is -2.27. The van der Waals surface area contributed by atoms with Crippen LogP contribution in [0.15, 0.2) is 46.7 Å². The first-order chi connectivity index (χ1) is 14.4. The van der Waals surface area contributed by atoms with Crippen molar-refractivity contribution in [1.82, 2.24) is 0 Å². The molecular weight excluding hydrogens is 380 g/mol. The van der Waals surface area contributed by atoms with Gasteiger partial charge in [0.2, 0.25) is 5.78 Å². The Balaban J connectivity index is 2.18. The fraction of sp³-hybridized carbons (Fsp3) is 0.333. The van der Waals surface area contributed by atoms with Crippen LogP contribution in [0.5, 0.6) is 0 Å². The van der Waals surface area contributed by atoms with E-state index >= 15 is 0 Å². The molecule has 30 heavy (non-hydrogen) atoms. The Labute approximate surface area is 175 Å². The zero-order valence-corrected chi connectivity index (χ0v) is 17.5. The summed E-state index contributed by atoms with van der Waals surface area (Å²) in [5, 5.41) is 23.7. The second kappa shape index (κ2) is 8.61. The van der Waals surface area contributed by atoms with E-state index in [0.717, 1.165) is 35.1 Å². The lowest BCUT2D eigenvalue weighted by Gasteiger charge is -2.31. The van der Waals surface area contributed by atoms with Crippen LogP contribution in [0, 0.1) is 0 Å². The molecule has 1 aliphatic carbocycles. The molecule has 0 saturated carbocycles. The zero-order valence-electron chi connectivity index (χ0n) is 17.5. The number of carbonyl (C=O) groups excluding carboxylic acids is 2. The Morgan fingerprint density at radius 3 is 2.43 bits per heavy atom. The second-order valence-electron chi connectivity index (χ2n) is 7.55. The van der Waals surface area contributed by atoms with E-state index in [2.05, 4.69) is 24.2 Å². The van der Waals surface area contributed by atoms with E-state index in [4.69, 9.17) is 10.4 Å². The van der Waals surface area contributed by atoms with Crippen molar-refractivity contribution in [2.45, 2.75) is 51.9 Å². The topological polar surface area (TPSA) is 99.3 Å². The van der Waals surface area contributed by atoms with Crippen LogP contribution in [0.2, 0.25) is 0 Å². The maximum atomic E-state index is 13.0. The van der Waals surface area contributed by atoms with Crippen LogP contribution in [-0.4, -0.2) is 33.9 Å². The van der Waals surface area contributed by atoms with Crippen molar-refractivity contribution in [1.29, 1.82) is 0 Å². The van der Waals surface area contributed by atoms with Gasteiger partial charge in [0.25, 0.3) is 0 Å². The van der Waals surface area contributed by atoms with Gasteiger partial charge in [-0.3, -0.25) is 9.59 Å². The van der Waals surface area contributed by atoms with Crippen LogP contribution in [-0.2, 0) is 5.41 Å². The molecule has 0 bridgehead atoms. The van der Waals surface area contributed by atoms with Crippen LogP contribution >= 0.6 is 0 Å². The highest BCUT2D eigenvalue weighted by Gasteiger charge is 2.43. The summed E-state index contributed by atoms with van der Waals surface area (Å²) >= 11 is 0. The average Bonchev–Trinajstić information content (AvgIpc) is 3.07. The summed E-state index contributed by atoms with van der Waals surface area (Å²) in [7, 11) is 0. The van der Waals surface area contributed by atoms with Crippen molar-refractivity contribution in [3.05, 3.63) is 58.7 Å². The van der Waals surface area contributed by atoms with Gasteiger partial charge in [0, 0.05) is 29.2 Å². The Bertz CT molecular complexity index is 1050. The molecule has 0 unspecified atom stereocenters. The van der Waals surface area contributed by atoms with Gasteiger partial charge in [0.15, 0.2) is 5.78 Å². The van der Waals surface area contributed by atoms with Crippen molar-refractivity contribution in [2.75, 3.05) is 0 Å². The number of hydrogen-bond acceptors (Lipinski definition) is 6. The smallest absolute Gasteiger partial charge is 0.210 e. The molecule has 2 N–H and O–H groups in total. The van der Waals surface area contributed by atoms with Gasteiger partial charge in [0.1, 0.15) is 5.71 Å². The summed E-state index contributed by atoms with van der Waals surface area (Å²) in [5.74, 6) is -0.317. The molecule has 0 aliphatic heterocycles. The Morgan fingerprint density at radius 2 is 1.80 bits per heavy atom. The fourth-order valence-corrected chi connectivity index (χ4v) is 4.59. The van der Waals surface area contributed by atoms with Crippen molar-refractivity contribution >= 4 is 23.5 Å². The first kappa shape index (κ1) is 21.4. The molecule has 0 heterocycles. The summed E-state index contributed by atoms with van der Waals surface area (Å²) in [6, 6.07) is 11.3. The maximum Gasteiger partial charge on any atom is 0.210 e.